The molecule has 1 atom stereocenters. The molecule has 9 heteroatoms. The quantitative estimate of drug-likeness (QED) is 0.762. The Morgan fingerprint density at radius 3 is 2.45 bits per heavy atom. The van der Waals surface area contributed by atoms with Crippen molar-refractivity contribution < 1.29 is 17.4 Å². The van der Waals surface area contributed by atoms with Gasteiger partial charge in [0.2, 0.25) is 0 Å². The molecule has 0 aliphatic carbocycles. The molecule has 0 fully saturated rings. The van der Waals surface area contributed by atoms with E-state index >= 15 is 0 Å². The van der Waals surface area contributed by atoms with E-state index in [-0.39, 0.29) is 15.7 Å². The minimum atomic E-state index is -4.52. The molecule has 118 valence electrons. The zero-order valence-corrected chi connectivity index (χ0v) is 13.3. The van der Waals surface area contributed by atoms with Gasteiger partial charge in [-0.15, -0.1) is 0 Å². The minimum Gasteiger partial charge on any atom is -0.259 e. The molecule has 0 saturated heterocycles. The number of aryl methyl sites for hydroxylation is 1. The van der Waals surface area contributed by atoms with Crippen LogP contribution in [0.4, 0.5) is 13.2 Å². The first kappa shape index (κ1) is 15.8. The number of hydrogen-bond donors (Lipinski definition) is 0. The third-order valence-corrected chi connectivity index (χ3v) is 5.20. The Morgan fingerprint density at radius 1 is 1.23 bits per heavy atom. The summed E-state index contributed by atoms with van der Waals surface area (Å²) in [5.74, 6) is 0.906. The number of alkyl halides is 3. The molecule has 0 spiro atoms. The lowest BCUT2D eigenvalue weighted by atomic mass is 10.2. The second-order valence-corrected chi connectivity index (χ2v) is 7.26. The molecule has 1 unspecified atom stereocenters. The first-order chi connectivity index (χ1) is 10.3. The molecule has 2 aromatic rings. The van der Waals surface area contributed by atoms with Crippen LogP contribution in [-0.2, 0) is 29.1 Å². The standard InChI is InChI=1S/C13H9Cl2F3N2OS/c14-9-3-8(13(16,17)18)4-10(15)12(9)20-5-7-6-22(21)2-1-11(7)19-20/h3-5H,1-2,6H2. The van der Waals surface area contributed by atoms with Crippen LogP contribution < -0.4 is 0 Å². The predicted octanol–water partition coefficient (Wildman–Crippen LogP) is 4.00. The Balaban J connectivity index is 2.08. The number of aromatic nitrogens is 2. The first-order valence-electron chi connectivity index (χ1n) is 6.24. The summed E-state index contributed by atoms with van der Waals surface area (Å²) < 4.78 is 51.1. The van der Waals surface area contributed by atoms with Gasteiger partial charge in [-0.05, 0) is 12.1 Å². The van der Waals surface area contributed by atoms with Gasteiger partial charge in [-0.25, -0.2) is 4.68 Å². The van der Waals surface area contributed by atoms with Gasteiger partial charge in [0.25, 0.3) is 0 Å². The van der Waals surface area contributed by atoms with E-state index in [0.717, 1.165) is 23.4 Å². The Labute approximate surface area is 136 Å². The topological polar surface area (TPSA) is 34.9 Å². The van der Waals surface area contributed by atoms with Gasteiger partial charge in [0.15, 0.2) is 0 Å². The molecule has 1 aromatic carbocycles. The average Bonchev–Trinajstić information content (AvgIpc) is 2.79. The normalized spacial score (nSPS) is 18.3. The third kappa shape index (κ3) is 2.89. The summed E-state index contributed by atoms with van der Waals surface area (Å²) in [6, 6.07) is 1.64. The Kier molecular flexibility index (Phi) is 3.99. The molecule has 0 amide bonds. The van der Waals surface area contributed by atoms with E-state index in [2.05, 4.69) is 5.10 Å². The predicted molar refractivity (Wildman–Crippen MR) is 79.0 cm³/mol. The molecule has 0 bridgehead atoms. The summed E-state index contributed by atoms with van der Waals surface area (Å²) in [4.78, 5) is 0. The van der Waals surface area contributed by atoms with Crippen LogP contribution in [0.5, 0.6) is 0 Å². The van der Waals surface area contributed by atoms with Crippen LogP contribution in [0.25, 0.3) is 5.69 Å². The molecule has 3 rings (SSSR count). The van der Waals surface area contributed by atoms with Crippen LogP contribution in [-0.4, -0.2) is 19.7 Å². The number of halogens is 5. The molecule has 1 aromatic heterocycles. The fourth-order valence-electron chi connectivity index (χ4n) is 2.30. The maximum atomic E-state index is 12.7. The van der Waals surface area contributed by atoms with E-state index in [1.165, 1.54) is 4.68 Å². The summed E-state index contributed by atoms with van der Waals surface area (Å²) in [7, 11) is -0.939. The molecule has 0 saturated carbocycles. The minimum absolute atomic E-state index is 0.138. The maximum Gasteiger partial charge on any atom is 0.416 e. The Morgan fingerprint density at radius 2 is 1.86 bits per heavy atom. The molecule has 2 heterocycles. The van der Waals surface area contributed by atoms with Crippen molar-refractivity contribution in [1.29, 1.82) is 0 Å². The number of hydrogen-bond acceptors (Lipinski definition) is 2. The van der Waals surface area contributed by atoms with Crippen LogP contribution in [0.3, 0.4) is 0 Å². The lowest BCUT2D eigenvalue weighted by molar-refractivity contribution is -0.137. The van der Waals surface area contributed by atoms with Crippen molar-refractivity contribution in [2.45, 2.75) is 18.3 Å². The van der Waals surface area contributed by atoms with Gasteiger partial charge in [0.05, 0.1) is 27.1 Å². The van der Waals surface area contributed by atoms with Gasteiger partial charge < -0.3 is 0 Å². The molecule has 3 nitrogen and oxygen atoms in total. The number of rotatable bonds is 1. The SMILES string of the molecule is O=S1CCc2nn(-c3c(Cl)cc(C(F)(F)F)cc3Cl)cc2C1. The third-order valence-electron chi connectivity index (χ3n) is 3.33. The zero-order valence-electron chi connectivity index (χ0n) is 11.0. The van der Waals surface area contributed by atoms with E-state index in [1.54, 1.807) is 6.20 Å². The highest BCUT2D eigenvalue weighted by Gasteiger charge is 2.32. The van der Waals surface area contributed by atoms with Crippen LogP contribution in [0.1, 0.15) is 16.8 Å². The van der Waals surface area contributed by atoms with Crippen molar-refractivity contribution in [1.82, 2.24) is 9.78 Å². The summed E-state index contributed by atoms with van der Waals surface area (Å²) >= 11 is 11.9. The molecule has 1 aliphatic heterocycles. The van der Waals surface area contributed by atoms with Crippen LogP contribution in [0, 0.1) is 0 Å². The van der Waals surface area contributed by atoms with E-state index in [1.807, 2.05) is 0 Å². The highest BCUT2D eigenvalue weighted by atomic mass is 35.5. The van der Waals surface area contributed by atoms with Crippen molar-refractivity contribution >= 4 is 34.0 Å². The van der Waals surface area contributed by atoms with E-state index in [9.17, 15) is 17.4 Å². The van der Waals surface area contributed by atoms with Crippen LogP contribution in [0.2, 0.25) is 10.0 Å². The summed E-state index contributed by atoms with van der Waals surface area (Å²) in [5, 5.41) is 4.02. The Bertz CT molecular complexity index is 750. The fraction of sp³-hybridized carbons (Fsp3) is 0.308. The van der Waals surface area contributed by atoms with Gasteiger partial charge in [-0.3, -0.25) is 4.21 Å². The van der Waals surface area contributed by atoms with Crippen molar-refractivity contribution in [3.05, 3.63) is 45.2 Å². The fourth-order valence-corrected chi connectivity index (χ4v) is 4.11. The molecular formula is C13H9Cl2F3N2OS. The van der Waals surface area contributed by atoms with Crippen LogP contribution in [0.15, 0.2) is 18.3 Å². The van der Waals surface area contributed by atoms with Gasteiger partial charge in [0.1, 0.15) is 5.69 Å². The van der Waals surface area contributed by atoms with Crippen molar-refractivity contribution in [2.75, 3.05) is 5.75 Å². The molecule has 0 N–H and O–H groups in total. The highest BCUT2D eigenvalue weighted by molar-refractivity contribution is 7.84. The lowest BCUT2D eigenvalue weighted by Crippen LogP contribution is -2.11. The average molecular weight is 369 g/mol. The molecule has 1 aliphatic rings. The van der Waals surface area contributed by atoms with Crippen molar-refractivity contribution in [3.63, 3.8) is 0 Å². The highest BCUT2D eigenvalue weighted by Crippen LogP contribution is 2.37. The Hall–Kier alpha value is -1.05. The molecule has 22 heavy (non-hydrogen) atoms. The maximum absolute atomic E-state index is 12.7. The second-order valence-electron chi connectivity index (χ2n) is 4.87. The number of fused-ring (bicyclic) bond motifs is 1. The van der Waals surface area contributed by atoms with Gasteiger partial charge >= 0.3 is 6.18 Å². The van der Waals surface area contributed by atoms with E-state index in [4.69, 9.17) is 23.2 Å². The van der Waals surface area contributed by atoms with Crippen LogP contribution >= 0.6 is 23.2 Å². The lowest BCUT2D eigenvalue weighted by Gasteiger charge is -2.12. The van der Waals surface area contributed by atoms with Crippen molar-refractivity contribution in [2.24, 2.45) is 0 Å². The summed E-state index contributed by atoms with van der Waals surface area (Å²) in [6.07, 6.45) is -2.34. The number of benzene rings is 1. The van der Waals surface area contributed by atoms with Crippen molar-refractivity contribution in [3.8, 4) is 5.69 Å². The smallest absolute Gasteiger partial charge is 0.259 e. The number of nitrogens with zero attached hydrogens (tertiary/aromatic N) is 2. The summed E-state index contributed by atoms with van der Waals surface area (Å²) in [5.41, 5.74) is 0.851. The van der Waals surface area contributed by atoms with Gasteiger partial charge in [0, 0.05) is 34.7 Å². The molecular weight excluding hydrogens is 360 g/mol. The summed E-state index contributed by atoms with van der Waals surface area (Å²) in [6.45, 7) is 0. The second kappa shape index (κ2) is 5.54. The van der Waals surface area contributed by atoms with E-state index < -0.39 is 22.5 Å². The largest absolute Gasteiger partial charge is 0.416 e. The first-order valence-corrected chi connectivity index (χ1v) is 8.49. The monoisotopic (exact) mass is 368 g/mol. The zero-order chi connectivity index (χ0) is 16.1. The van der Waals surface area contributed by atoms with E-state index in [0.29, 0.717) is 17.9 Å². The van der Waals surface area contributed by atoms with Gasteiger partial charge in [-0.2, -0.15) is 18.3 Å². The molecule has 0 radical (unpaired) electrons. The van der Waals surface area contributed by atoms with Gasteiger partial charge in [-0.1, -0.05) is 23.2 Å².